The quantitative estimate of drug-likeness (QED) is 0.236. The van der Waals surface area contributed by atoms with Gasteiger partial charge in [-0.3, -0.25) is 15.2 Å². The maximum Gasteiger partial charge on any atom is 0.341 e. The zero-order valence-corrected chi connectivity index (χ0v) is 18.2. The summed E-state index contributed by atoms with van der Waals surface area (Å²) >= 11 is 0. The largest absolute Gasteiger partial charge is 0.491 e. The number of carbonyl (C=O) groups is 2. The lowest BCUT2D eigenvalue weighted by Gasteiger charge is -2.32. The third-order valence-electron chi connectivity index (χ3n) is 5.34. The molecule has 1 aliphatic rings. The number of nitrogens with zero attached hydrogens (tertiary/aromatic N) is 2. The van der Waals surface area contributed by atoms with Crippen LogP contribution in [0.1, 0.15) is 35.7 Å². The number of nitrogens with two attached hydrogens (primary N) is 1. The predicted molar refractivity (Wildman–Crippen MR) is 121 cm³/mol. The number of nitrogen functional groups attached to an aromatic ring is 1. The number of rotatable bonds is 9. The molecule has 1 aromatic carbocycles. The minimum Gasteiger partial charge on any atom is -0.491 e. The van der Waals surface area contributed by atoms with Gasteiger partial charge in [0.05, 0.1) is 13.2 Å². The molecule has 2 heterocycles. The number of pyridine rings is 1. The van der Waals surface area contributed by atoms with Crippen molar-refractivity contribution in [2.24, 2.45) is 11.7 Å². The summed E-state index contributed by atoms with van der Waals surface area (Å²) in [6, 6.07) is 8.58. The Bertz CT molecular complexity index is 943. The molecular weight excluding hydrogens is 410 g/mol. The minimum absolute atomic E-state index is 0.00563. The Morgan fingerprint density at radius 3 is 2.59 bits per heavy atom. The van der Waals surface area contributed by atoms with E-state index in [0.29, 0.717) is 12.1 Å². The predicted octanol–water partition coefficient (Wildman–Crippen LogP) is 1.95. The smallest absolute Gasteiger partial charge is 0.341 e. The second kappa shape index (κ2) is 11.1. The van der Waals surface area contributed by atoms with E-state index in [1.807, 2.05) is 12.1 Å². The fraction of sp³-hybridized carbons (Fsp3) is 0.391. The molecule has 1 saturated heterocycles. The lowest BCUT2D eigenvalue weighted by molar-refractivity contribution is -0.125. The Balaban J connectivity index is 1.48. The van der Waals surface area contributed by atoms with Crippen LogP contribution in [0, 0.1) is 11.3 Å². The molecule has 1 aliphatic heterocycles. The summed E-state index contributed by atoms with van der Waals surface area (Å²) in [6.45, 7) is 4.08. The number of ether oxygens (including phenoxy) is 2. The summed E-state index contributed by atoms with van der Waals surface area (Å²) in [5.74, 6) is -0.398. The molecule has 0 radical (unpaired) electrons. The number of amides is 1. The highest BCUT2D eigenvalue weighted by Gasteiger charge is 2.25. The van der Waals surface area contributed by atoms with E-state index in [1.54, 1.807) is 25.4 Å². The van der Waals surface area contributed by atoms with Crippen molar-refractivity contribution in [1.82, 2.24) is 10.3 Å². The van der Waals surface area contributed by atoms with Gasteiger partial charge in [-0.05, 0) is 44.0 Å². The van der Waals surface area contributed by atoms with Crippen LogP contribution in [0.4, 0.5) is 5.69 Å². The van der Waals surface area contributed by atoms with Crippen molar-refractivity contribution >= 4 is 23.4 Å². The molecule has 170 valence electrons. The van der Waals surface area contributed by atoms with Gasteiger partial charge < -0.3 is 25.4 Å². The first-order valence-electron chi connectivity index (χ1n) is 10.7. The average Bonchev–Trinajstić information content (AvgIpc) is 2.82. The molecule has 0 bridgehead atoms. The number of amidine groups is 1. The van der Waals surface area contributed by atoms with Crippen LogP contribution in [0.5, 0.6) is 5.75 Å². The third-order valence-corrected chi connectivity index (χ3v) is 5.34. The standard InChI is InChI=1S/C23H29N5O4/c1-2-31-23(30)19-4-3-17(21(24)25)15-20(19)32-14-11-27-22(29)16-7-12-28(13-8-16)18-5-9-26-10-6-18/h3-6,9-10,15-16H,2,7-8,11-14H2,1H3,(H3,24,25)(H,27,29). The lowest BCUT2D eigenvalue weighted by atomic mass is 9.95. The van der Waals surface area contributed by atoms with Crippen LogP contribution in [0.3, 0.4) is 0 Å². The average molecular weight is 440 g/mol. The molecule has 32 heavy (non-hydrogen) atoms. The Labute approximate surface area is 187 Å². The molecule has 0 aliphatic carbocycles. The van der Waals surface area contributed by atoms with Gasteiger partial charge in [-0.25, -0.2) is 4.79 Å². The van der Waals surface area contributed by atoms with Crippen LogP contribution < -0.4 is 20.7 Å². The molecule has 1 amide bonds. The normalized spacial score (nSPS) is 14.0. The highest BCUT2D eigenvalue weighted by Crippen LogP contribution is 2.23. The van der Waals surface area contributed by atoms with Crippen LogP contribution in [0.25, 0.3) is 0 Å². The summed E-state index contributed by atoms with van der Waals surface area (Å²) < 4.78 is 10.8. The first kappa shape index (κ1) is 23.1. The van der Waals surface area contributed by atoms with Gasteiger partial charge in [-0.1, -0.05) is 6.07 Å². The highest BCUT2D eigenvalue weighted by molar-refractivity contribution is 5.98. The van der Waals surface area contributed by atoms with Gasteiger partial charge in [0.15, 0.2) is 0 Å². The van der Waals surface area contributed by atoms with Crippen molar-refractivity contribution in [3.05, 3.63) is 53.9 Å². The summed E-state index contributed by atoms with van der Waals surface area (Å²) in [4.78, 5) is 31.0. The van der Waals surface area contributed by atoms with Crippen LogP contribution in [-0.2, 0) is 9.53 Å². The van der Waals surface area contributed by atoms with E-state index in [9.17, 15) is 9.59 Å². The molecule has 0 unspecified atom stereocenters. The molecule has 0 atom stereocenters. The topological polar surface area (TPSA) is 131 Å². The maximum atomic E-state index is 12.5. The summed E-state index contributed by atoms with van der Waals surface area (Å²) in [5, 5.41) is 10.5. The minimum atomic E-state index is -0.511. The fourth-order valence-electron chi connectivity index (χ4n) is 3.62. The Morgan fingerprint density at radius 2 is 1.94 bits per heavy atom. The molecule has 9 heteroatoms. The number of nitrogens with one attached hydrogen (secondary N) is 2. The second-order valence-corrected chi connectivity index (χ2v) is 7.45. The van der Waals surface area contributed by atoms with E-state index in [1.165, 1.54) is 12.1 Å². The molecule has 2 aromatic rings. The first-order chi connectivity index (χ1) is 15.5. The Morgan fingerprint density at radius 1 is 1.22 bits per heavy atom. The number of carbonyl (C=O) groups excluding carboxylic acids is 2. The van der Waals surface area contributed by atoms with Gasteiger partial charge in [0, 0.05) is 42.7 Å². The fourth-order valence-corrected chi connectivity index (χ4v) is 3.62. The van der Waals surface area contributed by atoms with E-state index < -0.39 is 5.97 Å². The number of aromatic nitrogens is 1. The van der Waals surface area contributed by atoms with Crippen molar-refractivity contribution in [1.29, 1.82) is 5.41 Å². The number of hydrogen-bond acceptors (Lipinski definition) is 7. The molecule has 1 aromatic heterocycles. The van der Waals surface area contributed by atoms with Crippen molar-refractivity contribution in [3.63, 3.8) is 0 Å². The third kappa shape index (κ3) is 5.96. The number of hydrogen-bond donors (Lipinski definition) is 3. The van der Waals surface area contributed by atoms with Gasteiger partial charge in [0.1, 0.15) is 23.8 Å². The van der Waals surface area contributed by atoms with Crippen molar-refractivity contribution in [2.75, 3.05) is 37.7 Å². The maximum absolute atomic E-state index is 12.5. The van der Waals surface area contributed by atoms with Crippen molar-refractivity contribution in [3.8, 4) is 5.75 Å². The molecule has 1 fully saturated rings. The summed E-state index contributed by atoms with van der Waals surface area (Å²) in [7, 11) is 0. The van der Waals surface area contributed by atoms with E-state index in [4.69, 9.17) is 20.6 Å². The van der Waals surface area contributed by atoms with Crippen molar-refractivity contribution < 1.29 is 19.1 Å². The Hall–Kier alpha value is -3.62. The molecule has 3 rings (SSSR count). The Kier molecular flexibility index (Phi) is 8.02. The van der Waals surface area contributed by atoms with Crippen LogP contribution >= 0.6 is 0 Å². The van der Waals surface area contributed by atoms with Gasteiger partial charge >= 0.3 is 5.97 Å². The van der Waals surface area contributed by atoms with E-state index >= 15 is 0 Å². The number of anilines is 1. The molecule has 9 nitrogen and oxygen atoms in total. The van der Waals surface area contributed by atoms with Crippen molar-refractivity contribution in [2.45, 2.75) is 19.8 Å². The first-order valence-corrected chi connectivity index (χ1v) is 10.7. The number of piperidine rings is 1. The van der Waals surface area contributed by atoms with E-state index in [-0.39, 0.29) is 42.2 Å². The number of benzene rings is 1. The van der Waals surface area contributed by atoms with Crippen LogP contribution in [0.2, 0.25) is 0 Å². The lowest BCUT2D eigenvalue weighted by Crippen LogP contribution is -2.41. The molecule has 0 saturated carbocycles. The van der Waals surface area contributed by atoms with E-state index in [2.05, 4.69) is 15.2 Å². The highest BCUT2D eigenvalue weighted by atomic mass is 16.5. The molecule has 0 spiro atoms. The monoisotopic (exact) mass is 439 g/mol. The summed E-state index contributed by atoms with van der Waals surface area (Å²) in [6.07, 6.45) is 5.10. The molecular formula is C23H29N5O4. The van der Waals surface area contributed by atoms with Gasteiger partial charge in [0.2, 0.25) is 5.91 Å². The van der Waals surface area contributed by atoms with E-state index in [0.717, 1.165) is 31.6 Å². The SMILES string of the molecule is CCOC(=O)c1ccc(C(=N)N)cc1OCCNC(=O)C1CCN(c2ccncc2)CC1. The summed E-state index contributed by atoms with van der Waals surface area (Å²) in [5.41, 5.74) is 7.36. The second-order valence-electron chi connectivity index (χ2n) is 7.45. The van der Waals surface area contributed by atoms with Crippen LogP contribution in [-0.4, -0.2) is 55.5 Å². The zero-order chi connectivity index (χ0) is 22.9. The van der Waals surface area contributed by atoms with Gasteiger partial charge in [-0.2, -0.15) is 0 Å². The number of esters is 1. The molecule has 4 N–H and O–H groups in total. The van der Waals surface area contributed by atoms with Gasteiger partial charge in [0.25, 0.3) is 0 Å². The van der Waals surface area contributed by atoms with Crippen LogP contribution in [0.15, 0.2) is 42.7 Å². The zero-order valence-electron chi connectivity index (χ0n) is 18.2. The van der Waals surface area contributed by atoms with Gasteiger partial charge in [-0.15, -0.1) is 0 Å².